The molecule has 0 unspecified atom stereocenters. The summed E-state index contributed by atoms with van der Waals surface area (Å²) >= 11 is 0. The van der Waals surface area contributed by atoms with Gasteiger partial charge in [-0.3, -0.25) is 0 Å². The first kappa shape index (κ1) is 9.63. The monoisotopic (exact) mass is 175 g/mol. The minimum Gasteiger partial charge on any atom is -0.495 e. The van der Waals surface area contributed by atoms with Gasteiger partial charge in [-0.1, -0.05) is 17.9 Å². The van der Waals surface area contributed by atoms with Crippen molar-refractivity contribution >= 4 is 0 Å². The third kappa shape index (κ3) is 2.50. The number of methoxy groups -OCH3 is 1. The van der Waals surface area contributed by atoms with E-state index in [0.717, 1.165) is 11.3 Å². The first-order chi connectivity index (χ1) is 6.27. The summed E-state index contributed by atoms with van der Waals surface area (Å²) in [5, 5.41) is 0. The third-order valence-electron chi connectivity index (χ3n) is 1.68. The second-order valence-corrected chi connectivity index (χ2v) is 2.71. The highest BCUT2D eigenvalue weighted by molar-refractivity contribution is 5.48. The van der Waals surface area contributed by atoms with Crippen molar-refractivity contribution in [1.82, 2.24) is 0 Å². The zero-order chi connectivity index (χ0) is 9.68. The van der Waals surface area contributed by atoms with Crippen LogP contribution in [0.5, 0.6) is 5.75 Å². The first-order valence-corrected chi connectivity index (χ1v) is 4.11. The van der Waals surface area contributed by atoms with Crippen molar-refractivity contribution < 1.29 is 4.74 Å². The lowest BCUT2D eigenvalue weighted by molar-refractivity contribution is 0.413. The molecule has 0 saturated heterocycles. The molecule has 1 aromatic carbocycles. The zero-order valence-corrected chi connectivity index (χ0v) is 7.92. The Bertz CT molecular complexity index is 347. The van der Waals surface area contributed by atoms with Gasteiger partial charge in [0.2, 0.25) is 0 Å². The average Bonchev–Trinajstić information content (AvgIpc) is 2.15. The van der Waals surface area contributed by atoms with Gasteiger partial charge >= 0.3 is 0 Å². The molecule has 2 heteroatoms. The topological polar surface area (TPSA) is 35.2 Å². The van der Waals surface area contributed by atoms with E-state index in [4.69, 9.17) is 10.5 Å². The van der Waals surface area contributed by atoms with Crippen molar-refractivity contribution in [3.63, 3.8) is 0 Å². The molecule has 13 heavy (non-hydrogen) atoms. The number of hydrogen-bond acceptors (Lipinski definition) is 2. The van der Waals surface area contributed by atoms with Gasteiger partial charge in [0.15, 0.2) is 0 Å². The van der Waals surface area contributed by atoms with Crippen molar-refractivity contribution in [3.8, 4) is 17.6 Å². The van der Waals surface area contributed by atoms with Gasteiger partial charge in [0.1, 0.15) is 5.75 Å². The van der Waals surface area contributed by atoms with E-state index in [9.17, 15) is 0 Å². The van der Waals surface area contributed by atoms with Crippen molar-refractivity contribution in [3.05, 3.63) is 29.3 Å². The molecule has 2 N–H and O–H groups in total. The van der Waals surface area contributed by atoms with Gasteiger partial charge in [0.25, 0.3) is 0 Å². The minimum absolute atomic E-state index is 0.372. The summed E-state index contributed by atoms with van der Waals surface area (Å²) in [6.07, 6.45) is 0. The molecule has 0 radical (unpaired) electrons. The van der Waals surface area contributed by atoms with Crippen LogP contribution in [0.3, 0.4) is 0 Å². The standard InChI is InChI=1S/C11H13NO/c1-9-5-6-11(13-2)10(8-9)4-3-7-12/h5-6,8H,7,12H2,1-2H3. The minimum atomic E-state index is 0.372. The van der Waals surface area contributed by atoms with Crippen LogP contribution in [0.2, 0.25) is 0 Å². The molecule has 68 valence electrons. The van der Waals surface area contributed by atoms with Crippen LogP contribution in [0.1, 0.15) is 11.1 Å². The molecule has 2 nitrogen and oxygen atoms in total. The molecule has 0 aromatic heterocycles. The maximum absolute atomic E-state index is 5.29. The fourth-order valence-electron chi connectivity index (χ4n) is 1.07. The van der Waals surface area contributed by atoms with E-state index < -0.39 is 0 Å². The normalized spacial score (nSPS) is 8.85. The molecule has 0 aliphatic carbocycles. The van der Waals surface area contributed by atoms with E-state index in [1.54, 1.807) is 7.11 Å². The number of hydrogen-bond donors (Lipinski definition) is 1. The smallest absolute Gasteiger partial charge is 0.134 e. The SMILES string of the molecule is COc1ccc(C)cc1C#CCN. The first-order valence-electron chi connectivity index (χ1n) is 4.11. The molecule has 0 atom stereocenters. The summed E-state index contributed by atoms with van der Waals surface area (Å²) < 4.78 is 5.15. The van der Waals surface area contributed by atoms with E-state index >= 15 is 0 Å². The highest BCUT2D eigenvalue weighted by atomic mass is 16.5. The van der Waals surface area contributed by atoms with Crippen molar-refractivity contribution in [1.29, 1.82) is 0 Å². The van der Waals surface area contributed by atoms with Gasteiger partial charge in [-0.2, -0.15) is 0 Å². The molecule has 0 aliphatic rings. The Labute approximate surface area is 78.7 Å². The van der Waals surface area contributed by atoms with E-state index in [2.05, 4.69) is 11.8 Å². The Morgan fingerprint density at radius 1 is 1.46 bits per heavy atom. The van der Waals surface area contributed by atoms with Crippen LogP contribution in [0.25, 0.3) is 0 Å². The molecule has 0 spiro atoms. The number of benzene rings is 1. The third-order valence-corrected chi connectivity index (χ3v) is 1.68. The fourth-order valence-corrected chi connectivity index (χ4v) is 1.07. The van der Waals surface area contributed by atoms with Crippen LogP contribution in [0.4, 0.5) is 0 Å². The Morgan fingerprint density at radius 3 is 2.85 bits per heavy atom. The summed E-state index contributed by atoms with van der Waals surface area (Å²) in [5.74, 6) is 6.57. The van der Waals surface area contributed by atoms with E-state index in [0.29, 0.717) is 6.54 Å². The molecule has 0 aliphatic heterocycles. The highest BCUT2D eigenvalue weighted by Gasteiger charge is 1.98. The maximum atomic E-state index is 5.29. The van der Waals surface area contributed by atoms with Gasteiger partial charge in [-0.15, -0.1) is 0 Å². The molecule has 1 aromatic rings. The Morgan fingerprint density at radius 2 is 2.23 bits per heavy atom. The summed E-state index contributed by atoms with van der Waals surface area (Å²) in [4.78, 5) is 0. The quantitative estimate of drug-likeness (QED) is 0.653. The predicted octanol–water partition coefficient (Wildman–Crippen LogP) is 1.31. The lowest BCUT2D eigenvalue weighted by Gasteiger charge is -2.03. The van der Waals surface area contributed by atoms with Crippen LogP contribution in [-0.4, -0.2) is 13.7 Å². The highest BCUT2D eigenvalue weighted by Crippen LogP contribution is 2.17. The summed E-state index contributed by atoms with van der Waals surface area (Å²) in [6, 6.07) is 5.89. The van der Waals surface area contributed by atoms with Crippen molar-refractivity contribution in [2.24, 2.45) is 5.73 Å². The second kappa shape index (κ2) is 4.54. The van der Waals surface area contributed by atoms with Gasteiger partial charge in [0.05, 0.1) is 19.2 Å². The molecular formula is C11H13NO. The van der Waals surface area contributed by atoms with E-state index in [-0.39, 0.29) is 0 Å². The number of rotatable bonds is 1. The average molecular weight is 175 g/mol. The molecule has 0 fully saturated rings. The maximum Gasteiger partial charge on any atom is 0.134 e. The molecule has 0 saturated carbocycles. The number of ether oxygens (including phenoxy) is 1. The van der Waals surface area contributed by atoms with Crippen molar-refractivity contribution in [2.75, 3.05) is 13.7 Å². The summed E-state index contributed by atoms with van der Waals surface area (Å²) in [7, 11) is 1.64. The fraction of sp³-hybridized carbons (Fsp3) is 0.273. The second-order valence-electron chi connectivity index (χ2n) is 2.71. The van der Waals surface area contributed by atoms with Crippen LogP contribution in [0.15, 0.2) is 18.2 Å². The predicted molar refractivity (Wildman–Crippen MR) is 53.7 cm³/mol. The van der Waals surface area contributed by atoms with Gasteiger partial charge in [-0.05, 0) is 24.6 Å². The molecule has 0 bridgehead atoms. The number of nitrogens with two attached hydrogens (primary N) is 1. The lowest BCUT2D eigenvalue weighted by Crippen LogP contribution is -1.94. The molecule has 1 rings (SSSR count). The van der Waals surface area contributed by atoms with Crippen LogP contribution in [-0.2, 0) is 0 Å². The van der Waals surface area contributed by atoms with E-state index in [1.165, 1.54) is 5.56 Å². The van der Waals surface area contributed by atoms with Gasteiger partial charge in [0, 0.05) is 0 Å². The summed E-state index contributed by atoms with van der Waals surface area (Å²) in [6.45, 7) is 2.39. The number of aryl methyl sites for hydroxylation is 1. The van der Waals surface area contributed by atoms with Crippen LogP contribution in [0, 0.1) is 18.8 Å². The van der Waals surface area contributed by atoms with E-state index in [1.807, 2.05) is 25.1 Å². The summed E-state index contributed by atoms with van der Waals surface area (Å²) in [5.41, 5.74) is 7.36. The van der Waals surface area contributed by atoms with Crippen LogP contribution < -0.4 is 10.5 Å². The van der Waals surface area contributed by atoms with Crippen LogP contribution >= 0.6 is 0 Å². The molecule has 0 amide bonds. The zero-order valence-electron chi connectivity index (χ0n) is 7.92. The van der Waals surface area contributed by atoms with Crippen molar-refractivity contribution in [2.45, 2.75) is 6.92 Å². The van der Waals surface area contributed by atoms with Gasteiger partial charge in [-0.25, -0.2) is 0 Å². The Kier molecular flexibility index (Phi) is 3.36. The lowest BCUT2D eigenvalue weighted by atomic mass is 10.1. The molecule has 0 heterocycles. The van der Waals surface area contributed by atoms with Gasteiger partial charge < -0.3 is 10.5 Å². The molecular weight excluding hydrogens is 162 g/mol. The Balaban J connectivity index is 3.08. The Hall–Kier alpha value is -1.46. The largest absolute Gasteiger partial charge is 0.495 e.